The number of methoxy groups -OCH3 is 1. The van der Waals surface area contributed by atoms with Gasteiger partial charge < -0.3 is 9.64 Å². The average molecular weight is 386 g/mol. The first kappa shape index (κ1) is 20.5. The molecule has 0 bridgehead atoms. The highest BCUT2D eigenvalue weighted by Crippen LogP contribution is 2.16. The Morgan fingerprint density at radius 2 is 1.78 bits per heavy atom. The first-order valence-electron chi connectivity index (χ1n) is 8.36. The van der Waals surface area contributed by atoms with E-state index >= 15 is 0 Å². The van der Waals surface area contributed by atoms with Crippen molar-refractivity contribution in [3.05, 3.63) is 59.7 Å². The Labute approximate surface area is 160 Å². The largest absolute Gasteiger partial charge is 0.497 e. The van der Waals surface area contributed by atoms with Crippen molar-refractivity contribution in [1.82, 2.24) is 9.62 Å². The molecule has 1 amide bonds. The predicted molar refractivity (Wildman–Crippen MR) is 104 cm³/mol. The molecule has 27 heavy (non-hydrogen) atoms. The molecule has 2 aromatic carbocycles. The summed E-state index contributed by atoms with van der Waals surface area (Å²) >= 11 is 0. The maximum Gasteiger partial charge on any atom is 0.254 e. The zero-order chi connectivity index (χ0) is 19.9. The lowest BCUT2D eigenvalue weighted by atomic mass is 10.1. The molecule has 0 atom stereocenters. The van der Waals surface area contributed by atoms with Crippen molar-refractivity contribution in [2.45, 2.75) is 18.4 Å². The van der Waals surface area contributed by atoms with Crippen LogP contribution in [0.3, 0.4) is 0 Å². The molecule has 0 aliphatic heterocycles. The van der Waals surface area contributed by atoms with E-state index in [1.165, 1.54) is 24.3 Å². The summed E-state index contributed by atoms with van der Waals surface area (Å²) in [5.41, 5.74) is 1.39. The number of rotatable bonds is 8. The Balaban J connectivity index is 2.13. The maximum absolute atomic E-state index is 12.7. The molecular weight excluding hydrogens is 364 g/mol. The Bertz CT molecular complexity index is 914. The van der Waals surface area contributed by atoms with Crippen molar-refractivity contribution in [2.75, 3.05) is 20.2 Å². The van der Waals surface area contributed by atoms with Gasteiger partial charge in [0.05, 0.1) is 18.6 Å². The molecule has 0 heterocycles. The second-order valence-electron chi connectivity index (χ2n) is 5.72. The van der Waals surface area contributed by atoms with Gasteiger partial charge in [-0.15, -0.1) is 6.42 Å². The van der Waals surface area contributed by atoms with Crippen LogP contribution in [0.2, 0.25) is 0 Å². The lowest BCUT2D eigenvalue weighted by molar-refractivity contribution is 0.0752. The van der Waals surface area contributed by atoms with Gasteiger partial charge in [0.1, 0.15) is 5.75 Å². The van der Waals surface area contributed by atoms with Gasteiger partial charge in [0.2, 0.25) is 10.0 Å². The molecule has 0 aromatic heterocycles. The lowest BCUT2D eigenvalue weighted by Crippen LogP contribution is -2.30. The molecule has 142 valence electrons. The summed E-state index contributed by atoms with van der Waals surface area (Å²) in [5.74, 6) is 2.80. The molecule has 0 spiro atoms. The van der Waals surface area contributed by atoms with Gasteiger partial charge in [-0.1, -0.05) is 18.1 Å². The Morgan fingerprint density at radius 3 is 2.30 bits per heavy atom. The van der Waals surface area contributed by atoms with Crippen LogP contribution in [0, 0.1) is 12.3 Å². The minimum atomic E-state index is -3.68. The van der Waals surface area contributed by atoms with E-state index in [1.54, 1.807) is 12.0 Å². The summed E-state index contributed by atoms with van der Waals surface area (Å²) in [6.45, 7) is 2.77. The predicted octanol–water partition coefficient (Wildman–Crippen LogP) is 2.27. The van der Waals surface area contributed by atoms with Gasteiger partial charge in [0.25, 0.3) is 5.91 Å². The number of hydrogen-bond acceptors (Lipinski definition) is 4. The van der Waals surface area contributed by atoms with Crippen LogP contribution in [0.15, 0.2) is 53.4 Å². The van der Waals surface area contributed by atoms with Crippen LogP contribution in [0.25, 0.3) is 0 Å². The first-order valence-corrected chi connectivity index (χ1v) is 9.85. The van der Waals surface area contributed by atoms with Crippen LogP contribution in [0.5, 0.6) is 5.75 Å². The molecule has 7 heteroatoms. The van der Waals surface area contributed by atoms with Gasteiger partial charge in [0.15, 0.2) is 0 Å². The SMILES string of the molecule is C#CCNS(=O)(=O)c1ccc(C(=O)N(CC)Cc2ccc(OC)cc2)cc1. The fraction of sp³-hybridized carbons (Fsp3) is 0.250. The molecule has 6 nitrogen and oxygen atoms in total. The third-order valence-electron chi connectivity index (χ3n) is 3.98. The number of ether oxygens (including phenoxy) is 1. The smallest absolute Gasteiger partial charge is 0.254 e. The monoisotopic (exact) mass is 386 g/mol. The molecular formula is C20H22N2O4S. The summed E-state index contributed by atoms with van der Waals surface area (Å²) in [6.07, 6.45) is 5.07. The van der Waals surface area contributed by atoms with Crippen LogP contribution < -0.4 is 9.46 Å². The minimum absolute atomic E-state index is 0.0625. The van der Waals surface area contributed by atoms with Crippen molar-refractivity contribution in [3.63, 3.8) is 0 Å². The second kappa shape index (κ2) is 9.21. The van der Waals surface area contributed by atoms with Gasteiger partial charge in [-0.2, -0.15) is 4.72 Å². The van der Waals surface area contributed by atoms with Crippen molar-refractivity contribution < 1.29 is 17.9 Å². The van der Waals surface area contributed by atoms with Crippen LogP contribution in [-0.2, 0) is 16.6 Å². The number of hydrogen-bond donors (Lipinski definition) is 1. The molecule has 1 N–H and O–H groups in total. The topological polar surface area (TPSA) is 75.7 Å². The molecule has 0 saturated heterocycles. The van der Waals surface area contributed by atoms with Crippen LogP contribution >= 0.6 is 0 Å². The zero-order valence-corrected chi connectivity index (χ0v) is 16.1. The Kier molecular flexibility index (Phi) is 6.99. The van der Waals surface area contributed by atoms with E-state index < -0.39 is 10.0 Å². The van der Waals surface area contributed by atoms with E-state index in [-0.39, 0.29) is 17.3 Å². The highest BCUT2D eigenvalue weighted by Gasteiger charge is 2.17. The van der Waals surface area contributed by atoms with Crippen molar-refractivity contribution in [2.24, 2.45) is 0 Å². The van der Waals surface area contributed by atoms with Gasteiger partial charge >= 0.3 is 0 Å². The van der Waals surface area contributed by atoms with E-state index in [0.717, 1.165) is 11.3 Å². The lowest BCUT2D eigenvalue weighted by Gasteiger charge is -2.21. The fourth-order valence-corrected chi connectivity index (χ4v) is 3.39. The third-order valence-corrected chi connectivity index (χ3v) is 5.39. The average Bonchev–Trinajstić information content (AvgIpc) is 2.70. The maximum atomic E-state index is 12.7. The van der Waals surface area contributed by atoms with Crippen molar-refractivity contribution in [1.29, 1.82) is 0 Å². The number of carbonyl (C=O) groups is 1. The van der Waals surface area contributed by atoms with E-state index in [9.17, 15) is 13.2 Å². The van der Waals surface area contributed by atoms with Crippen LogP contribution in [-0.4, -0.2) is 39.4 Å². The quantitative estimate of drug-likeness (QED) is 0.706. The third kappa shape index (κ3) is 5.33. The van der Waals surface area contributed by atoms with Gasteiger partial charge in [-0.3, -0.25) is 4.79 Å². The van der Waals surface area contributed by atoms with Crippen molar-refractivity contribution in [3.8, 4) is 18.1 Å². The number of carbonyl (C=O) groups excluding carboxylic acids is 1. The van der Waals surface area contributed by atoms with Crippen LogP contribution in [0.1, 0.15) is 22.8 Å². The van der Waals surface area contributed by atoms with Crippen molar-refractivity contribution >= 4 is 15.9 Å². The summed E-state index contributed by atoms with van der Waals surface area (Å²) in [4.78, 5) is 14.5. The summed E-state index contributed by atoms with van der Waals surface area (Å²) in [5, 5.41) is 0. The summed E-state index contributed by atoms with van der Waals surface area (Å²) < 4.78 is 31.5. The van der Waals surface area contributed by atoms with E-state index in [0.29, 0.717) is 18.7 Å². The van der Waals surface area contributed by atoms with Crippen LogP contribution in [0.4, 0.5) is 0 Å². The van der Waals surface area contributed by atoms with E-state index in [4.69, 9.17) is 11.2 Å². The summed E-state index contributed by atoms with van der Waals surface area (Å²) in [7, 11) is -2.08. The number of benzene rings is 2. The summed E-state index contributed by atoms with van der Waals surface area (Å²) in [6, 6.07) is 13.3. The number of nitrogens with one attached hydrogen (secondary N) is 1. The molecule has 0 radical (unpaired) electrons. The normalized spacial score (nSPS) is 10.9. The molecule has 2 rings (SSSR count). The standard InChI is InChI=1S/C20H22N2O4S/c1-4-14-21-27(24,25)19-12-8-17(9-13-19)20(23)22(5-2)15-16-6-10-18(26-3)11-7-16/h1,6-13,21H,5,14-15H2,2-3H3. The Morgan fingerprint density at radius 1 is 1.15 bits per heavy atom. The van der Waals surface area contributed by atoms with Gasteiger partial charge in [-0.25, -0.2) is 8.42 Å². The molecule has 2 aromatic rings. The molecule has 0 aliphatic carbocycles. The number of nitrogens with zero attached hydrogens (tertiary/aromatic N) is 1. The molecule has 0 aliphatic rings. The second-order valence-corrected chi connectivity index (χ2v) is 7.49. The Hall–Kier alpha value is -2.82. The fourth-order valence-electron chi connectivity index (χ4n) is 2.46. The first-order chi connectivity index (χ1) is 12.9. The molecule has 0 fully saturated rings. The number of terminal acetylenes is 1. The van der Waals surface area contributed by atoms with E-state index in [1.807, 2.05) is 31.2 Å². The minimum Gasteiger partial charge on any atom is -0.497 e. The van der Waals surface area contributed by atoms with Gasteiger partial charge in [-0.05, 0) is 48.9 Å². The number of amides is 1. The molecule has 0 unspecified atom stereocenters. The number of sulfonamides is 1. The van der Waals surface area contributed by atoms with Gasteiger partial charge in [0, 0.05) is 18.7 Å². The molecule has 0 saturated carbocycles. The zero-order valence-electron chi connectivity index (χ0n) is 15.3. The highest BCUT2D eigenvalue weighted by molar-refractivity contribution is 7.89. The highest BCUT2D eigenvalue weighted by atomic mass is 32.2. The van der Waals surface area contributed by atoms with E-state index in [2.05, 4.69) is 10.6 Å².